The van der Waals surface area contributed by atoms with Crippen LogP contribution < -0.4 is 0 Å². The Kier molecular flexibility index (Phi) is 4.34. The smallest absolute Gasteiger partial charge is 0.323 e. The highest BCUT2D eigenvalue weighted by molar-refractivity contribution is 5.94. The highest BCUT2D eigenvalue weighted by atomic mass is 16.4. The van der Waals surface area contributed by atoms with Gasteiger partial charge in [0.25, 0.3) is 5.91 Å². The molecular weight excluding hydrogens is 246 g/mol. The Bertz CT molecular complexity index is 466. The fourth-order valence-electron chi connectivity index (χ4n) is 1.76. The van der Waals surface area contributed by atoms with Gasteiger partial charge >= 0.3 is 5.97 Å². The van der Waals surface area contributed by atoms with Gasteiger partial charge in [0.05, 0.1) is 0 Å². The van der Waals surface area contributed by atoms with Crippen LogP contribution in [0.15, 0.2) is 6.07 Å². The largest absolute Gasteiger partial charge is 0.480 e. The first-order valence-electron chi connectivity index (χ1n) is 6.12. The second-order valence-corrected chi connectivity index (χ2v) is 5.91. The van der Waals surface area contributed by atoms with Crippen LogP contribution in [0.5, 0.6) is 0 Å². The summed E-state index contributed by atoms with van der Waals surface area (Å²) < 4.78 is 1.60. The molecule has 106 valence electrons. The number of aryl methyl sites for hydroxylation is 2. The minimum absolute atomic E-state index is 0.172. The third kappa shape index (κ3) is 4.39. The van der Waals surface area contributed by atoms with Crippen LogP contribution in [-0.4, -0.2) is 44.8 Å². The van der Waals surface area contributed by atoms with E-state index in [0.29, 0.717) is 6.54 Å². The van der Waals surface area contributed by atoms with Crippen molar-refractivity contribution in [3.63, 3.8) is 0 Å². The molecule has 0 aliphatic carbocycles. The highest BCUT2D eigenvalue weighted by Crippen LogP contribution is 2.17. The predicted molar refractivity (Wildman–Crippen MR) is 70.9 cm³/mol. The number of hydrogen-bond donors (Lipinski definition) is 1. The molecule has 0 aliphatic heterocycles. The molecule has 0 saturated carbocycles. The molecular formula is C13H21N3O3. The van der Waals surface area contributed by atoms with Crippen LogP contribution >= 0.6 is 0 Å². The topological polar surface area (TPSA) is 75.4 Å². The van der Waals surface area contributed by atoms with Crippen LogP contribution in [-0.2, 0) is 11.8 Å². The second-order valence-electron chi connectivity index (χ2n) is 5.91. The Balaban J connectivity index is 2.96. The van der Waals surface area contributed by atoms with E-state index in [-0.39, 0.29) is 23.6 Å². The Morgan fingerprint density at radius 1 is 1.42 bits per heavy atom. The lowest BCUT2D eigenvalue weighted by atomic mass is 9.96. The van der Waals surface area contributed by atoms with Crippen molar-refractivity contribution in [1.82, 2.24) is 14.7 Å². The van der Waals surface area contributed by atoms with E-state index in [1.54, 1.807) is 17.8 Å². The zero-order valence-electron chi connectivity index (χ0n) is 12.1. The number of nitrogens with zero attached hydrogens (tertiary/aromatic N) is 3. The third-order valence-corrected chi connectivity index (χ3v) is 2.61. The average Bonchev–Trinajstić information content (AvgIpc) is 2.54. The summed E-state index contributed by atoms with van der Waals surface area (Å²) in [5.74, 6) is -1.37. The summed E-state index contributed by atoms with van der Waals surface area (Å²) in [5, 5.41) is 13.0. The van der Waals surface area contributed by atoms with Crippen LogP contribution in [0, 0.1) is 12.3 Å². The van der Waals surface area contributed by atoms with E-state index in [0.717, 1.165) is 5.69 Å². The van der Waals surface area contributed by atoms with Crippen molar-refractivity contribution in [2.24, 2.45) is 12.5 Å². The molecule has 0 unspecified atom stereocenters. The molecule has 0 aromatic carbocycles. The molecule has 1 rings (SSSR count). The number of aromatic nitrogens is 2. The average molecular weight is 267 g/mol. The van der Waals surface area contributed by atoms with Crippen molar-refractivity contribution < 1.29 is 14.7 Å². The fourth-order valence-corrected chi connectivity index (χ4v) is 1.76. The van der Waals surface area contributed by atoms with Crippen LogP contribution in [0.25, 0.3) is 0 Å². The van der Waals surface area contributed by atoms with Gasteiger partial charge in [0, 0.05) is 19.3 Å². The van der Waals surface area contributed by atoms with Crippen LogP contribution in [0.4, 0.5) is 0 Å². The summed E-state index contributed by atoms with van der Waals surface area (Å²) in [6.07, 6.45) is 0. The Hall–Kier alpha value is -1.85. The lowest BCUT2D eigenvalue weighted by Gasteiger charge is -2.28. The van der Waals surface area contributed by atoms with Gasteiger partial charge < -0.3 is 10.0 Å². The molecule has 6 nitrogen and oxygen atoms in total. The Labute approximate surface area is 113 Å². The van der Waals surface area contributed by atoms with E-state index in [9.17, 15) is 9.59 Å². The molecule has 19 heavy (non-hydrogen) atoms. The molecule has 6 heteroatoms. The van der Waals surface area contributed by atoms with Crippen molar-refractivity contribution in [3.05, 3.63) is 17.5 Å². The molecule has 1 aromatic heterocycles. The van der Waals surface area contributed by atoms with E-state index in [2.05, 4.69) is 5.10 Å². The summed E-state index contributed by atoms with van der Waals surface area (Å²) in [5.41, 5.74) is 0.967. The minimum Gasteiger partial charge on any atom is -0.480 e. The molecule has 1 heterocycles. The number of hydrogen-bond acceptors (Lipinski definition) is 3. The Morgan fingerprint density at radius 3 is 2.37 bits per heavy atom. The van der Waals surface area contributed by atoms with Gasteiger partial charge in [0.2, 0.25) is 0 Å². The monoisotopic (exact) mass is 267 g/mol. The van der Waals surface area contributed by atoms with Gasteiger partial charge in [-0.05, 0) is 18.4 Å². The third-order valence-electron chi connectivity index (χ3n) is 2.61. The molecule has 0 fully saturated rings. The van der Waals surface area contributed by atoms with Crippen molar-refractivity contribution >= 4 is 11.9 Å². The summed E-state index contributed by atoms with van der Waals surface area (Å²) in [4.78, 5) is 24.5. The van der Waals surface area contributed by atoms with Crippen molar-refractivity contribution in [2.75, 3.05) is 13.1 Å². The molecule has 0 atom stereocenters. The SMILES string of the molecule is Cc1cc(C(=O)N(CC(=O)O)CC(C)(C)C)nn1C. The lowest BCUT2D eigenvalue weighted by molar-refractivity contribution is -0.138. The summed E-state index contributed by atoms with van der Waals surface area (Å²) >= 11 is 0. The van der Waals surface area contributed by atoms with Crippen LogP contribution in [0.1, 0.15) is 37.0 Å². The summed E-state index contributed by atoms with van der Waals surface area (Å²) in [6, 6.07) is 1.67. The normalized spacial score (nSPS) is 11.4. The first kappa shape index (κ1) is 15.2. The van der Waals surface area contributed by atoms with Crippen LogP contribution in [0.3, 0.4) is 0 Å². The predicted octanol–water partition coefficient (Wildman–Crippen LogP) is 1.30. The molecule has 0 spiro atoms. The number of rotatable bonds is 4. The number of carbonyl (C=O) groups is 2. The van der Waals surface area contributed by atoms with Gasteiger partial charge in [-0.3, -0.25) is 14.3 Å². The van der Waals surface area contributed by atoms with Gasteiger partial charge in [-0.1, -0.05) is 20.8 Å². The maximum atomic E-state index is 12.3. The first-order valence-corrected chi connectivity index (χ1v) is 6.12. The second kappa shape index (κ2) is 5.42. The van der Waals surface area contributed by atoms with Gasteiger partial charge in [-0.25, -0.2) is 0 Å². The van der Waals surface area contributed by atoms with Gasteiger partial charge in [-0.2, -0.15) is 5.10 Å². The summed E-state index contributed by atoms with van der Waals surface area (Å²) in [6.45, 7) is 7.77. The van der Waals surface area contributed by atoms with Crippen molar-refractivity contribution in [1.29, 1.82) is 0 Å². The highest BCUT2D eigenvalue weighted by Gasteiger charge is 2.25. The number of carboxylic acid groups (broad SMARTS) is 1. The standard InChI is InChI=1S/C13H21N3O3/c1-9-6-10(14-15(9)5)12(19)16(7-11(17)18)8-13(2,3)4/h6H,7-8H2,1-5H3,(H,17,18). The minimum atomic E-state index is -1.02. The molecule has 0 saturated heterocycles. The van der Waals surface area contributed by atoms with Gasteiger partial charge in [0.1, 0.15) is 6.54 Å². The number of aliphatic carboxylic acids is 1. The first-order chi connectivity index (χ1) is 8.60. The number of carbonyl (C=O) groups excluding carboxylic acids is 1. The molecule has 1 amide bonds. The zero-order valence-corrected chi connectivity index (χ0v) is 12.1. The molecule has 0 aliphatic rings. The van der Waals surface area contributed by atoms with Crippen molar-refractivity contribution in [3.8, 4) is 0 Å². The quantitative estimate of drug-likeness (QED) is 0.892. The number of carboxylic acids is 1. The maximum Gasteiger partial charge on any atom is 0.323 e. The molecule has 0 bridgehead atoms. The zero-order chi connectivity index (χ0) is 14.8. The molecule has 0 radical (unpaired) electrons. The van der Waals surface area contributed by atoms with Crippen LogP contribution in [0.2, 0.25) is 0 Å². The molecule has 1 aromatic rings. The van der Waals surface area contributed by atoms with E-state index >= 15 is 0 Å². The summed E-state index contributed by atoms with van der Waals surface area (Å²) in [7, 11) is 1.75. The van der Waals surface area contributed by atoms with E-state index in [1.165, 1.54) is 4.90 Å². The lowest BCUT2D eigenvalue weighted by Crippen LogP contribution is -2.41. The maximum absolute atomic E-state index is 12.3. The van der Waals surface area contributed by atoms with E-state index in [4.69, 9.17) is 5.11 Å². The van der Waals surface area contributed by atoms with Gasteiger partial charge in [-0.15, -0.1) is 0 Å². The van der Waals surface area contributed by atoms with Gasteiger partial charge in [0.15, 0.2) is 5.69 Å². The van der Waals surface area contributed by atoms with E-state index < -0.39 is 5.97 Å². The Morgan fingerprint density at radius 2 is 2.00 bits per heavy atom. The fraction of sp³-hybridized carbons (Fsp3) is 0.615. The molecule has 1 N–H and O–H groups in total. The van der Waals surface area contributed by atoms with Crippen molar-refractivity contribution in [2.45, 2.75) is 27.7 Å². The number of amides is 1. The van der Waals surface area contributed by atoms with E-state index in [1.807, 2.05) is 27.7 Å².